The summed E-state index contributed by atoms with van der Waals surface area (Å²) in [7, 11) is 0. The molecule has 0 spiro atoms. The lowest BCUT2D eigenvalue weighted by Crippen LogP contribution is -2.30. The molecule has 1 aliphatic rings. The normalized spacial score (nSPS) is 23.4. The van der Waals surface area contributed by atoms with Crippen molar-refractivity contribution in [3.05, 3.63) is 29.8 Å². The van der Waals surface area contributed by atoms with Gasteiger partial charge in [-0.15, -0.1) is 0 Å². The number of aromatic carboxylic acids is 1. The van der Waals surface area contributed by atoms with Crippen molar-refractivity contribution in [1.29, 1.82) is 0 Å². The molecule has 20 heavy (non-hydrogen) atoms. The monoisotopic (exact) mass is 276 g/mol. The molecule has 0 amide bonds. The van der Waals surface area contributed by atoms with Gasteiger partial charge in [0.05, 0.1) is 11.7 Å². The average molecular weight is 276 g/mol. The molecular weight excluding hydrogens is 252 g/mol. The smallest absolute Gasteiger partial charge is 0.335 e. The Morgan fingerprint density at radius 1 is 1.20 bits per heavy atom. The lowest BCUT2D eigenvalue weighted by Gasteiger charge is -2.36. The summed E-state index contributed by atoms with van der Waals surface area (Å²) in [5.74, 6) is 0.517. The lowest BCUT2D eigenvalue weighted by atomic mass is 9.72. The fourth-order valence-corrected chi connectivity index (χ4v) is 2.94. The molecule has 3 nitrogen and oxygen atoms in total. The van der Waals surface area contributed by atoms with E-state index in [1.54, 1.807) is 18.2 Å². The third-order valence-electron chi connectivity index (χ3n) is 4.28. The molecule has 0 saturated heterocycles. The summed E-state index contributed by atoms with van der Waals surface area (Å²) in [6.45, 7) is 6.90. The van der Waals surface area contributed by atoms with Gasteiger partial charge < -0.3 is 9.84 Å². The van der Waals surface area contributed by atoms with Gasteiger partial charge in [0.25, 0.3) is 0 Å². The van der Waals surface area contributed by atoms with Crippen molar-refractivity contribution in [2.24, 2.45) is 11.3 Å². The summed E-state index contributed by atoms with van der Waals surface area (Å²) < 4.78 is 5.94. The largest absolute Gasteiger partial charge is 0.490 e. The third-order valence-corrected chi connectivity index (χ3v) is 4.28. The van der Waals surface area contributed by atoms with Crippen molar-refractivity contribution in [2.45, 2.75) is 52.6 Å². The predicted molar refractivity (Wildman–Crippen MR) is 79.2 cm³/mol. The molecule has 0 radical (unpaired) electrons. The molecule has 1 aliphatic carbocycles. The van der Waals surface area contributed by atoms with Crippen LogP contribution in [-0.4, -0.2) is 17.2 Å². The van der Waals surface area contributed by atoms with Crippen LogP contribution in [0.2, 0.25) is 0 Å². The number of hydrogen-bond acceptors (Lipinski definition) is 2. The molecule has 0 unspecified atom stereocenters. The van der Waals surface area contributed by atoms with Crippen molar-refractivity contribution in [3.63, 3.8) is 0 Å². The second kappa shape index (κ2) is 5.86. The van der Waals surface area contributed by atoms with Gasteiger partial charge >= 0.3 is 5.97 Å². The van der Waals surface area contributed by atoms with E-state index in [2.05, 4.69) is 20.8 Å². The van der Waals surface area contributed by atoms with Crippen molar-refractivity contribution in [2.75, 3.05) is 0 Å². The van der Waals surface area contributed by atoms with Crippen molar-refractivity contribution in [1.82, 2.24) is 0 Å². The van der Waals surface area contributed by atoms with Crippen LogP contribution in [0.25, 0.3) is 0 Å². The van der Waals surface area contributed by atoms with Gasteiger partial charge in [-0.3, -0.25) is 0 Å². The van der Waals surface area contributed by atoms with Gasteiger partial charge in [0, 0.05) is 0 Å². The Kier molecular flexibility index (Phi) is 4.36. The molecule has 0 heterocycles. The maximum Gasteiger partial charge on any atom is 0.335 e. The average Bonchev–Trinajstić information content (AvgIpc) is 2.38. The summed E-state index contributed by atoms with van der Waals surface area (Å²) in [4.78, 5) is 10.9. The third kappa shape index (κ3) is 3.75. The number of carboxylic acids is 1. The zero-order chi connectivity index (χ0) is 14.8. The standard InChI is InChI=1S/C17H24O3/c1-17(2,3)13-7-9-14(10-8-13)20-15-6-4-5-12(11-15)16(18)19/h4-6,11,13-14H,7-10H2,1-3H3,(H,18,19)/t13-,14-. The highest BCUT2D eigenvalue weighted by atomic mass is 16.5. The number of carboxylic acid groups (broad SMARTS) is 1. The fourth-order valence-electron chi connectivity index (χ4n) is 2.94. The van der Waals surface area contributed by atoms with Crippen LogP contribution in [0.5, 0.6) is 5.75 Å². The Morgan fingerprint density at radius 3 is 2.40 bits per heavy atom. The van der Waals surface area contributed by atoms with Crippen LogP contribution < -0.4 is 4.74 Å². The van der Waals surface area contributed by atoms with Gasteiger partial charge in [0.15, 0.2) is 0 Å². The van der Waals surface area contributed by atoms with Gasteiger partial charge in [-0.05, 0) is 55.2 Å². The minimum atomic E-state index is -0.910. The van der Waals surface area contributed by atoms with Gasteiger partial charge in [-0.2, -0.15) is 0 Å². The molecule has 1 aromatic rings. The van der Waals surface area contributed by atoms with E-state index in [1.807, 2.05) is 6.07 Å². The quantitative estimate of drug-likeness (QED) is 0.891. The molecule has 0 aromatic heterocycles. The van der Waals surface area contributed by atoms with Gasteiger partial charge in [-0.1, -0.05) is 26.8 Å². The molecule has 1 aromatic carbocycles. The Balaban J connectivity index is 1.93. The Morgan fingerprint density at radius 2 is 1.85 bits per heavy atom. The van der Waals surface area contributed by atoms with E-state index >= 15 is 0 Å². The first-order chi connectivity index (χ1) is 9.36. The summed E-state index contributed by atoms with van der Waals surface area (Å²) in [6, 6.07) is 6.77. The molecule has 1 saturated carbocycles. The molecule has 1 N–H and O–H groups in total. The first kappa shape index (κ1) is 14.9. The maximum absolute atomic E-state index is 10.9. The van der Waals surface area contributed by atoms with Crippen LogP contribution >= 0.6 is 0 Å². The minimum absolute atomic E-state index is 0.220. The van der Waals surface area contributed by atoms with Gasteiger partial charge in [0.2, 0.25) is 0 Å². The number of benzene rings is 1. The van der Waals surface area contributed by atoms with E-state index in [0.29, 0.717) is 11.2 Å². The van der Waals surface area contributed by atoms with Crippen LogP contribution in [0, 0.1) is 11.3 Å². The van der Waals surface area contributed by atoms with Gasteiger partial charge in [0.1, 0.15) is 5.75 Å². The Bertz CT molecular complexity index is 465. The van der Waals surface area contributed by atoms with E-state index in [0.717, 1.165) is 18.8 Å². The van der Waals surface area contributed by atoms with Crippen LogP contribution in [-0.2, 0) is 0 Å². The summed E-state index contributed by atoms with van der Waals surface area (Å²) in [6.07, 6.45) is 4.70. The summed E-state index contributed by atoms with van der Waals surface area (Å²) in [5.41, 5.74) is 0.652. The number of rotatable bonds is 3. The highest BCUT2D eigenvalue weighted by molar-refractivity contribution is 5.87. The van der Waals surface area contributed by atoms with E-state index in [9.17, 15) is 4.79 Å². The van der Waals surface area contributed by atoms with Crippen molar-refractivity contribution >= 4 is 5.97 Å². The van der Waals surface area contributed by atoms with E-state index in [-0.39, 0.29) is 11.7 Å². The summed E-state index contributed by atoms with van der Waals surface area (Å²) >= 11 is 0. The molecular formula is C17H24O3. The van der Waals surface area contributed by atoms with E-state index < -0.39 is 5.97 Å². The van der Waals surface area contributed by atoms with Crippen LogP contribution in [0.15, 0.2) is 24.3 Å². The lowest BCUT2D eigenvalue weighted by molar-refractivity contribution is 0.0693. The molecule has 0 atom stereocenters. The molecule has 0 bridgehead atoms. The zero-order valence-corrected chi connectivity index (χ0v) is 12.6. The van der Waals surface area contributed by atoms with Gasteiger partial charge in [-0.25, -0.2) is 4.79 Å². The maximum atomic E-state index is 10.9. The summed E-state index contributed by atoms with van der Waals surface area (Å²) in [5, 5.41) is 8.98. The highest BCUT2D eigenvalue weighted by Gasteiger charge is 2.30. The molecule has 3 heteroatoms. The number of hydrogen-bond donors (Lipinski definition) is 1. The SMILES string of the molecule is CC(C)(C)[C@H]1CC[C@H](Oc2cccc(C(=O)O)c2)CC1. The zero-order valence-electron chi connectivity index (χ0n) is 12.6. The van der Waals surface area contributed by atoms with E-state index in [4.69, 9.17) is 9.84 Å². The minimum Gasteiger partial charge on any atom is -0.490 e. The number of ether oxygens (including phenoxy) is 1. The predicted octanol–water partition coefficient (Wildman–Crippen LogP) is 4.37. The molecule has 2 rings (SSSR count). The first-order valence-electron chi connectivity index (χ1n) is 7.36. The second-order valence-corrected chi connectivity index (χ2v) is 6.79. The van der Waals surface area contributed by atoms with E-state index in [1.165, 1.54) is 12.8 Å². The fraction of sp³-hybridized carbons (Fsp3) is 0.588. The van der Waals surface area contributed by atoms with Crippen LogP contribution in [0.3, 0.4) is 0 Å². The number of carbonyl (C=O) groups is 1. The first-order valence-corrected chi connectivity index (χ1v) is 7.36. The Hall–Kier alpha value is -1.51. The van der Waals surface area contributed by atoms with Crippen molar-refractivity contribution < 1.29 is 14.6 Å². The molecule has 0 aliphatic heterocycles. The molecule has 1 fully saturated rings. The van der Waals surface area contributed by atoms with Crippen molar-refractivity contribution in [3.8, 4) is 5.75 Å². The van der Waals surface area contributed by atoms with Crippen LogP contribution in [0.1, 0.15) is 56.8 Å². The highest BCUT2D eigenvalue weighted by Crippen LogP contribution is 2.38. The Labute approximate surface area is 121 Å². The topological polar surface area (TPSA) is 46.5 Å². The second-order valence-electron chi connectivity index (χ2n) is 6.79. The van der Waals surface area contributed by atoms with Crippen LogP contribution in [0.4, 0.5) is 0 Å². The molecule has 110 valence electrons.